The second kappa shape index (κ2) is 8.12. The number of hydrogen-bond acceptors (Lipinski definition) is 2. The van der Waals surface area contributed by atoms with Gasteiger partial charge in [0, 0.05) is 5.56 Å². The highest BCUT2D eigenvalue weighted by molar-refractivity contribution is 5.68. The van der Waals surface area contributed by atoms with E-state index in [1.807, 2.05) is 12.1 Å². The maximum absolute atomic E-state index is 6.54. The van der Waals surface area contributed by atoms with Crippen LogP contribution in [0.15, 0.2) is 42.0 Å². The Bertz CT molecular complexity index is 616. The molecule has 0 bridgehead atoms. The van der Waals surface area contributed by atoms with Gasteiger partial charge in [-0.3, -0.25) is 0 Å². The summed E-state index contributed by atoms with van der Waals surface area (Å²) in [5, 5.41) is 0. The molecule has 1 aromatic carbocycles. The summed E-state index contributed by atoms with van der Waals surface area (Å²) in [5.41, 5.74) is 2.52. The molecule has 0 atom stereocenters. The molecule has 1 aromatic rings. The molecule has 2 aliphatic rings. The quantitative estimate of drug-likeness (QED) is 0.516. The predicted octanol–water partition coefficient (Wildman–Crippen LogP) is 6.66. The molecule has 0 aromatic heterocycles. The fourth-order valence-electron chi connectivity index (χ4n) is 3.92. The molecule has 1 spiro atoms. The molecule has 2 nitrogen and oxygen atoms in total. The van der Waals surface area contributed by atoms with Gasteiger partial charge >= 0.3 is 0 Å². The Labute approximate surface area is 152 Å². The van der Waals surface area contributed by atoms with E-state index in [1.54, 1.807) is 0 Å². The monoisotopic (exact) mass is 340 g/mol. The molecular weight excluding hydrogens is 308 g/mol. The van der Waals surface area contributed by atoms with Crippen LogP contribution in [0.2, 0.25) is 0 Å². The van der Waals surface area contributed by atoms with Gasteiger partial charge in [0.05, 0.1) is 6.10 Å². The van der Waals surface area contributed by atoms with Crippen molar-refractivity contribution in [1.82, 2.24) is 0 Å². The van der Waals surface area contributed by atoms with Crippen LogP contribution in [0.5, 0.6) is 5.75 Å². The Morgan fingerprint density at radius 3 is 2.48 bits per heavy atom. The zero-order valence-electron chi connectivity index (χ0n) is 16.0. The van der Waals surface area contributed by atoms with E-state index in [0.717, 1.165) is 29.9 Å². The maximum Gasteiger partial charge on any atom is 0.134 e. The van der Waals surface area contributed by atoms with E-state index >= 15 is 0 Å². The third-order valence-electron chi connectivity index (χ3n) is 5.21. The lowest BCUT2D eigenvalue weighted by Crippen LogP contribution is -2.26. The summed E-state index contributed by atoms with van der Waals surface area (Å²) in [6.07, 6.45) is 14.8. The molecule has 25 heavy (non-hydrogen) atoms. The molecule has 0 radical (unpaired) electrons. The van der Waals surface area contributed by atoms with Crippen LogP contribution < -0.4 is 4.74 Å². The summed E-state index contributed by atoms with van der Waals surface area (Å²) < 4.78 is 12.3. The van der Waals surface area contributed by atoms with Crippen molar-refractivity contribution in [2.45, 2.75) is 83.8 Å². The van der Waals surface area contributed by atoms with Crippen molar-refractivity contribution in [1.29, 1.82) is 0 Å². The lowest BCUT2D eigenvalue weighted by molar-refractivity contribution is 0.100. The van der Waals surface area contributed by atoms with Crippen LogP contribution in [0, 0.1) is 0 Å². The summed E-state index contributed by atoms with van der Waals surface area (Å²) in [6, 6.07) is 8.33. The van der Waals surface area contributed by atoms with Crippen molar-refractivity contribution in [3.05, 3.63) is 47.6 Å². The fourth-order valence-corrected chi connectivity index (χ4v) is 3.92. The molecular formula is C23H32O2. The van der Waals surface area contributed by atoms with Gasteiger partial charge in [-0.05, 0) is 88.3 Å². The highest BCUT2D eigenvalue weighted by Gasteiger charge is 2.43. The van der Waals surface area contributed by atoms with E-state index in [1.165, 1.54) is 44.1 Å². The molecule has 3 rings (SSSR count). The van der Waals surface area contributed by atoms with Gasteiger partial charge in [-0.1, -0.05) is 25.8 Å². The summed E-state index contributed by atoms with van der Waals surface area (Å²) in [7, 11) is 0. The predicted molar refractivity (Wildman–Crippen MR) is 105 cm³/mol. The van der Waals surface area contributed by atoms with Crippen LogP contribution in [-0.4, -0.2) is 11.7 Å². The van der Waals surface area contributed by atoms with Gasteiger partial charge in [0.15, 0.2) is 0 Å². The average molecular weight is 341 g/mol. The van der Waals surface area contributed by atoms with E-state index in [2.05, 4.69) is 45.1 Å². The molecule has 0 N–H and O–H groups in total. The van der Waals surface area contributed by atoms with Gasteiger partial charge in [-0.15, -0.1) is 0 Å². The van der Waals surface area contributed by atoms with E-state index in [-0.39, 0.29) is 11.7 Å². The Kier molecular flexibility index (Phi) is 5.88. The van der Waals surface area contributed by atoms with Gasteiger partial charge < -0.3 is 9.47 Å². The Hall–Kier alpha value is -1.70. The standard InChI is InChI=1S/C23H32O2/c1-4-5-6-7-10-20-17-22(25-23(20)15-8-9-16-23)19-11-13-21(14-12-19)24-18(2)3/h10-14,17-18H,4-9,15-16H2,1-3H3/b20-10+. The molecule has 2 heteroatoms. The second-order valence-corrected chi connectivity index (χ2v) is 7.66. The summed E-state index contributed by atoms with van der Waals surface area (Å²) in [4.78, 5) is 0. The topological polar surface area (TPSA) is 18.5 Å². The lowest BCUT2D eigenvalue weighted by Gasteiger charge is -2.26. The largest absolute Gasteiger partial charge is 0.491 e. The van der Waals surface area contributed by atoms with Crippen molar-refractivity contribution < 1.29 is 9.47 Å². The van der Waals surface area contributed by atoms with Crippen LogP contribution >= 0.6 is 0 Å². The number of allylic oxidation sites excluding steroid dienone is 1. The Morgan fingerprint density at radius 2 is 1.84 bits per heavy atom. The maximum atomic E-state index is 6.54. The van der Waals surface area contributed by atoms with E-state index < -0.39 is 0 Å². The molecule has 1 saturated carbocycles. The molecule has 1 fully saturated rings. The minimum Gasteiger partial charge on any atom is -0.491 e. The number of unbranched alkanes of at least 4 members (excludes halogenated alkanes) is 3. The van der Waals surface area contributed by atoms with Gasteiger partial charge in [-0.25, -0.2) is 0 Å². The van der Waals surface area contributed by atoms with E-state index in [9.17, 15) is 0 Å². The van der Waals surface area contributed by atoms with Gasteiger partial charge in [0.1, 0.15) is 17.1 Å². The molecule has 136 valence electrons. The molecule has 0 saturated heterocycles. The average Bonchev–Trinajstić information content (AvgIpc) is 3.20. The van der Waals surface area contributed by atoms with Gasteiger partial charge in [-0.2, -0.15) is 0 Å². The van der Waals surface area contributed by atoms with Crippen molar-refractivity contribution in [3.8, 4) is 5.75 Å². The number of benzene rings is 1. The second-order valence-electron chi connectivity index (χ2n) is 7.66. The fraction of sp³-hybridized carbons (Fsp3) is 0.565. The number of ether oxygens (including phenoxy) is 2. The van der Waals surface area contributed by atoms with E-state index in [4.69, 9.17) is 9.47 Å². The van der Waals surface area contributed by atoms with Crippen molar-refractivity contribution in [3.63, 3.8) is 0 Å². The number of hydrogen-bond donors (Lipinski definition) is 0. The first-order valence-electron chi connectivity index (χ1n) is 10.0. The summed E-state index contributed by atoms with van der Waals surface area (Å²) >= 11 is 0. The third-order valence-corrected chi connectivity index (χ3v) is 5.21. The van der Waals surface area contributed by atoms with E-state index in [0.29, 0.717) is 0 Å². The summed E-state index contributed by atoms with van der Waals surface area (Å²) in [5.74, 6) is 1.95. The highest BCUT2D eigenvalue weighted by Crippen LogP contribution is 2.48. The minimum atomic E-state index is -0.0470. The van der Waals surface area contributed by atoms with Crippen molar-refractivity contribution in [2.75, 3.05) is 0 Å². The van der Waals surface area contributed by atoms with Crippen LogP contribution in [0.1, 0.15) is 77.7 Å². The minimum absolute atomic E-state index is 0.0470. The molecule has 0 unspecified atom stereocenters. The first kappa shape index (κ1) is 18.1. The van der Waals surface area contributed by atoms with Gasteiger partial charge in [0.2, 0.25) is 0 Å². The molecule has 1 aliphatic heterocycles. The lowest BCUT2D eigenvalue weighted by atomic mass is 9.91. The summed E-state index contributed by atoms with van der Waals surface area (Å²) in [6.45, 7) is 6.36. The van der Waals surface area contributed by atoms with Crippen LogP contribution in [-0.2, 0) is 4.74 Å². The number of rotatable bonds is 7. The van der Waals surface area contributed by atoms with Gasteiger partial charge in [0.25, 0.3) is 0 Å². The Morgan fingerprint density at radius 1 is 1.12 bits per heavy atom. The smallest absolute Gasteiger partial charge is 0.134 e. The first-order chi connectivity index (χ1) is 12.1. The molecule has 1 aliphatic carbocycles. The third kappa shape index (κ3) is 4.29. The SMILES string of the molecule is CCCCC/C=C1\C=C(c2ccc(OC(C)C)cc2)OC12CCCC2. The van der Waals surface area contributed by atoms with Crippen LogP contribution in [0.25, 0.3) is 5.76 Å². The first-order valence-corrected chi connectivity index (χ1v) is 10.0. The van der Waals surface area contributed by atoms with Crippen molar-refractivity contribution >= 4 is 5.76 Å². The zero-order valence-corrected chi connectivity index (χ0v) is 16.0. The molecule has 1 heterocycles. The van der Waals surface area contributed by atoms with Crippen LogP contribution in [0.3, 0.4) is 0 Å². The molecule has 0 amide bonds. The zero-order chi connectivity index (χ0) is 17.7. The van der Waals surface area contributed by atoms with Crippen molar-refractivity contribution in [2.24, 2.45) is 0 Å². The highest BCUT2D eigenvalue weighted by atomic mass is 16.5. The normalized spacial score (nSPS) is 20.3. The van der Waals surface area contributed by atoms with Crippen LogP contribution in [0.4, 0.5) is 0 Å². The Balaban J connectivity index is 1.76.